The smallest absolute Gasteiger partial charge is 0.253 e. The molecule has 2 heterocycles. The van der Waals surface area contributed by atoms with E-state index in [4.69, 9.17) is 4.74 Å². The van der Waals surface area contributed by atoms with Crippen LogP contribution in [-0.4, -0.2) is 68.7 Å². The van der Waals surface area contributed by atoms with Crippen LogP contribution in [-0.2, 0) is 9.53 Å². The minimum atomic E-state index is -0.378. The minimum Gasteiger partial charge on any atom is -0.368 e. The summed E-state index contributed by atoms with van der Waals surface area (Å²) in [6.45, 7) is 6.13. The van der Waals surface area contributed by atoms with E-state index in [1.165, 1.54) is 0 Å². The second-order valence-electron chi connectivity index (χ2n) is 6.42. The third-order valence-corrected chi connectivity index (χ3v) is 4.54. The molecule has 0 aliphatic carbocycles. The molecule has 0 spiro atoms. The molecule has 2 aliphatic rings. The monoisotopic (exact) mass is 382 g/mol. The topological polar surface area (TPSA) is 82.7 Å². The maximum Gasteiger partial charge on any atom is 0.253 e. The predicted molar refractivity (Wildman–Crippen MR) is 103 cm³/mol. The number of nitrogens with one attached hydrogen (secondary N) is 3. The maximum absolute atomic E-state index is 12.3. The molecule has 7 nitrogen and oxygen atoms in total. The summed E-state index contributed by atoms with van der Waals surface area (Å²) in [6.07, 6.45) is 1.28. The lowest BCUT2D eigenvalue weighted by molar-refractivity contribution is -0.124. The summed E-state index contributed by atoms with van der Waals surface area (Å²) in [7, 11) is 0. The van der Waals surface area contributed by atoms with E-state index < -0.39 is 0 Å². The lowest BCUT2D eigenvalue weighted by Crippen LogP contribution is -2.46. The zero-order valence-corrected chi connectivity index (χ0v) is 15.6. The van der Waals surface area contributed by atoms with Crippen LogP contribution in [0.25, 0.3) is 0 Å². The molecule has 2 amide bonds. The number of rotatable bonds is 6. The zero-order chi connectivity index (χ0) is 17.5. The van der Waals surface area contributed by atoms with E-state index in [0.29, 0.717) is 24.4 Å². The third-order valence-electron chi connectivity index (χ3n) is 4.54. The van der Waals surface area contributed by atoms with Crippen molar-refractivity contribution < 1.29 is 14.3 Å². The van der Waals surface area contributed by atoms with Crippen molar-refractivity contribution in [3.05, 3.63) is 29.8 Å². The van der Waals surface area contributed by atoms with Gasteiger partial charge in [-0.2, -0.15) is 0 Å². The van der Waals surface area contributed by atoms with Crippen molar-refractivity contribution >= 4 is 29.9 Å². The molecule has 1 atom stereocenters. The number of carbonyl (C=O) groups excluding carboxylic acids is 2. The van der Waals surface area contributed by atoms with Gasteiger partial charge in [0.05, 0.1) is 0 Å². The van der Waals surface area contributed by atoms with Crippen molar-refractivity contribution in [2.75, 3.05) is 51.2 Å². The maximum atomic E-state index is 12.3. The average Bonchev–Trinajstić information content (AvgIpc) is 3.18. The normalized spacial score (nSPS) is 20.2. The fraction of sp³-hybridized carbons (Fsp3) is 0.556. The van der Waals surface area contributed by atoms with Crippen molar-refractivity contribution in [3.8, 4) is 0 Å². The summed E-state index contributed by atoms with van der Waals surface area (Å²) < 4.78 is 5.37. The summed E-state index contributed by atoms with van der Waals surface area (Å²) in [5, 5.41) is 9.08. The van der Waals surface area contributed by atoms with E-state index in [-0.39, 0.29) is 30.3 Å². The summed E-state index contributed by atoms with van der Waals surface area (Å²) in [5.74, 6) is -0.267. The Kier molecular flexibility index (Phi) is 8.31. The number of nitrogens with zero attached hydrogens (tertiary/aromatic N) is 1. The van der Waals surface area contributed by atoms with Gasteiger partial charge in [0.2, 0.25) is 0 Å². The van der Waals surface area contributed by atoms with Gasteiger partial charge in [-0.25, -0.2) is 0 Å². The van der Waals surface area contributed by atoms with E-state index in [0.717, 1.165) is 45.6 Å². The van der Waals surface area contributed by atoms with Gasteiger partial charge < -0.3 is 20.7 Å². The van der Waals surface area contributed by atoms with Crippen molar-refractivity contribution in [2.45, 2.75) is 18.9 Å². The molecule has 0 radical (unpaired) electrons. The van der Waals surface area contributed by atoms with Crippen molar-refractivity contribution in [1.82, 2.24) is 15.5 Å². The Morgan fingerprint density at radius 2 is 2.08 bits per heavy atom. The second-order valence-corrected chi connectivity index (χ2v) is 6.42. The van der Waals surface area contributed by atoms with Gasteiger partial charge in [-0.15, -0.1) is 12.4 Å². The largest absolute Gasteiger partial charge is 0.368 e. The van der Waals surface area contributed by atoms with Gasteiger partial charge in [0.1, 0.15) is 6.10 Å². The summed E-state index contributed by atoms with van der Waals surface area (Å²) >= 11 is 0. The Morgan fingerprint density at radius 3 is 2.81 bits per heavy atom. The van der Waals surface area contributed by atoms with Crippen LogP contribution in [0, 0.1) is 0 Å². The lowest BCUT2D eigenvalue weighted by atomic mass is 10.1. The molecule has 8 heteroatoms. The number of ether oxygens (including phenoxy) is 1. The molecule has 1 aromatic carbocycles. The molecule has 1 unspecified atom stereocenters. The van der Waals surface area contributed by atoms with Gasteiger partial charge in [0.15, 0.2) is 0 Å². The molecule has 26 heavy (non-hydrogen) atoms. The Balaban J connectivity index is 0.00000243. The number of carbonyl (C=O) groups is 2. The molecule has 3 rings (SSSR count). The Hall–Kier alpha value is -1.67. The van der Waals surface area contributed by atoms with E-state index in [1.54, 1.807) is 24.3 Å². The van der Waals surface area contributed by atoms with Crippen molar-refractivity contribution in [2.24, 2.45) is 0 Å². The zero-order valence-electron chi connectivity index (χ0n) is 14.8. The van der Waals surface area contributed by atoms with Gasteiger partial charge in [0.25, 0.3) is 11.8 Å². The average molecular weight is 383 g/mol. The number of hydrogen-bond acceptors (Lipinski definition) is 5. The van der Waals surface area contributed by atoms with Crippen LogP contribution in [0.3, 0.4) is 0 Å². The van der Waals surface area contributed by atoms with E-state index in [9.17, 15) is 9.59 Å². The first kappa shape index (κ1) is 20.6. The van der Waals surface area contributed by atoms with Gasteiger partial charge in [0, 0.05) is 57.1 Å². The predicted octanol–water partition coefficient (Wildman–Crippen LogP) is 0.861. The van der Waals surface area contributed by atoms with Gasteiger partial charge in [-0.1, -0.05) is 6.07 Å². The van der Waals surface area contributed by atoms with E-state index in [1.807, 2.05) is 0 Å². The molecule has 2 fully saturated rings. The van der Waals surface area contributed by atoms with Crippen molar-refractivity contribution in [1.29, 1.82) is 0 Å². The molecule has 2 saturated heterocycles. The highest BCUT2D eigenvalue weighted by Gasteiger charge is 2.23. The molecule has 0 aromatic heterocycles. The minimum absolute atomic E-state index is 0. The summed E-state index contributed by atoms with van der Waals surface area (Å²) in [6, 6.07) is 7.01. The van der Waals surface area contributed by atoms with E-state index >= 15 is 0 Å². The summed E-state index contributed by atoms with van der Waals surface area (Å²) in [4.78, 5) is 26.7. The highest BCUT2D eigenvalue weighted by Crippen LogP contribution is 2.16. The van der Waals surface area contributed by atoms with Crippen LogP contribution < -0.4 is 16.0 Å². The standard InChI is InChI=1S/C18H26N4O3.ClH/c23-17(20-8-11-22-9-6-19-7-10-22)14-3-1-4-15(13-14)21-18(24)16-5-2-12-25-16;/h1,3-4,13,16,19H,2,5-12H2,(H,20,23)(H,21,24);1H. The van der Waals surface area contributed by atoms with E-state index in [2.05, 4.69) is 20.9 Å². The first-order valence-electron chi connectivity index (χ1n) is 8.96. The molecule has 1 aromatic rings. The number of halogens is 1. The number of anilines is 1. The van der Waals surface area contributed by atoms with Crippen LogP contribution >= 0.6 is 12.4 Å². The molecule has 0 bridgehead atoms. The number of piperazine rings is 1. The highest BCUT2D eigenvalue weighted by molar-refractivity contribution is 5.98. The Bertz CT molecular complexity index is 602. The fourth-order valence-corrected chi connectivity index (χ4v) is 3.11. The Labute approximate surface area is 160 Å². The quantitative estimate of drug-likeness (QED) is 0.679. The van der Waals surface area contributed by atoms with Crippen molar-refractivity contribution in [3.63, 3.8) is 0 Å². The number of amides is 2. The van der Waals surface area contributed by atoms with Crippen LogP contribution in [0.5, 0.6) is 0 Å². The lowest BCUT2D eigenvalue weighted by Gasteiger charge is -2.27. The Morgan fingerprint density at radius 1 is 1.27 bits per heavy atom. The van der Waals surface area contributed by atoms with Crippen LogP contribution in [0.4, 0.5) is 5.69 Å². The fourth-order valence-electron chi connectivity index (χ4n) is 3.11. The number of hydrogen-bond donors (Lipinski definition) is 3. The van der Waals surface area contributed by atoms with Gasteiger partial charge in [-0.05, 0) is 31.0 Å². The molecule has 2 aliphatic heterocycles. The first-order valence-corrected chi connectivity index (χ1v) is 8.96. The van der Waals surface area contributed by atoms with Crippen LogP contribution in [0.15, 0.2) is 24.3 Å². The second kappa shape index (κ2) is 10.5. The third kappa shape index (κ3) is 5.95. The molecule has 0 saturated carbocycles. The molecule has 3 N–H and O–H groups in total. The van der Waals surface area contributed by atoms with Crippen LogP contribution in [0.1, 0.15) is 23.2 Å². The number of benzene rings is 1. The van der Waals surface area contributed by atoms with Gasteiger partial charge >= 0.3 is 0 Å². The molecular formula is C18H27ClN4O3. The van der Waals surface area contributed by atoms with Gasteiger partial charge in [-0.3, -0.25) is 14.5 Å². The molecular weight excluding hydrogens is 356 g/mol. The SMILES string of the molecule is Cl.O=C(NCCN1CCNCC1)c1cccc(NC(=O)C2CCCO2)c1. The highest BCUT2D eigenvalue weighted by atomic mass is 35.5. The first-order chi connectivity index (χ1) is 12.2. The molecule has 144 valence electrons. The summed E-state index contributed by atoms with van der Waals surface area (Å²) in [5.41, 5.74) is 1.17. The van der Waals surface area contributed by atoms with Crippen LogP contribution in [0.2, 0.25) is 0 Å².